The smallest absolute Gasteiger partial charge is 0.266 e. The molecule has 1 aromatic rings. The van der Waals surface area contributed by atoms with E-state index in [-0.39, 0.29) is 6.54 Å². The first-order chi connectivity index (χ1) is 9.65. The van der Waals surface area contributed by atoms with Crippen LogP contribution in [0.2, 0.25) is 0 Å². The van der Waals surface area contributed by atoms with Gasteiger partial charge in [-0.2, -0.15) is 0 Å². The highest BCUT2D eigenvalue weighted by Gasteiger charge is 2.30. The number of halogens is 2. The SMILES string of the molecule is Cc1nc2c(c(N3CCOC(C(F)F)C3)n1)CCCC2. The number of aryl methyl sites for hydroxylation is 2. The first-order valence-electron chi connectivity index (χ1n) is 7.16. The fraction of sp³-hybridized carbons (Fsp3) is 0.714. The van der Waals surface area contributed by atoms with Crippen LogP contribution < -0.4 is 4.90 Å². The molecule has 0 bridgehead atoms. The summed E-state index contributed by atoms with van der Waals surface area (Å²) in [6, 6.07) is 0. The molecule has 3 rings (SSSR count). The van der Waals surface area contributed by atoms with Gasteiger partial charge in [-0.05, 0) is 32.6 Å². The molecule has 110 valence electrons. The lowest BCUT2D eigenvalue weighted by Gasteiger charge is -2.35. The maximum absolute atomic E-state index is 12.8. The molecule has 1 fully saturated rings. The van der Waals surface area contributed by atoms with Crippen molar-refractivity contribution in [1.82, 2.24) is 9.97 Å². The third kappa shape index (κ3) is 2.61. The molecule has 1 aliphatic heterocycles. The van der Waals surface area contributed by atoms with Crippen LogP contribution >= 0.6 is 0 Å². The second kappa shape index (κ2) is 5.60. The molecule has 2 aliphatic rings. The van der Waals surface area contributed by atoms with Crippen molar-refractivity contribution < 1.29 is 13.5 Å². The average Bonchev–Trinajstić information content (AvgIpc) is 2.46. The predicted octanol–water partition coefficient (Wildman–Crippen LogP) is 2.13. The first-order valence-corrected chi connectivity index (χ1v) is 7.16. The highest BCUT2D eigenvalue weighted by atomic mass is 19.3. The molecule has 0 N–H and O–H groups in total. The van der Waals surface area contributed by atoms with Crippen LogP contribution in [0.15, 0.2) is 0 Å². The minimum absolute atomic E-state index is 0.209. The molecule has 2 heterocycles. The van der Waals surface area contributed by atoms with Crippen molar-refractivity contribution in [2.24, 2.45) is 0 Å². The molecule has 1 aromatic heterocycles. The Labute approximate surface area is 117 Å². The standard InChI is InChI=1S/C14H19F2N3O/c1-9-17-11-5-3-2-4-10(11)14(18-9)19-6-7-20-12(8-19)13(15)16/h12-13H,2-8H2,1H3. The Kier molecular flexibility index (Phi) is 3.83. The lowest BCUT2D eigenvalue weighted by molar-refractivity contribution is -0.0616. The molecule has 4 nitrogen and oxygen atoms in total. The number of alkyl halides is 2. The first kappa shape index (κ1) is 13.7. The number of hydrogen-bond acceptors (Lipinski definition) is 4. The van der Waals surface area contributed by atoms with Gasteiger partial charge in [0.15, 0.2) is 0 Å². The van der Waals surface area contributed by atoms with E-state index in [0.717, 1.165) is 48.6 Å². The molecule has 0 radical (unpaired) electrons. The van der Waals surface area contributed by atoms with E-state index in [4.69, 9.17) is 4.74 Å². The Morgan fingerprint density at radius 1 is 1.25 bits per heavy atom. The largest absolute Gasteiger partial charge is 0.369 e. The zero-order valence-corrected chi connectivity index (χ0v) is 11.6. The highest BCUT2D eigenvalue weighted by Crippen LogP contribution is 2.29. The van der Waals surface area contributed by atoms with Crippen molar-refractivity contribution in [3.05, 3.63) is 17.1 Å². The number of rotatable bonds is 2. The molecule has 0 saturated carbocycles. The molecule has 1 atom stereocenters. The number of morpholine rings is 1. The Hall–Kier alpha value is -1.30. The van der Waals surface area contributed by atoms with Gasteiger partial charge in [-0.15, -0.1) is 0 Å². The molecular weight excluding hydrogens is 264 g/mol. The Bertz CT molecular complexity index is 496. The second-order valence-electron chi connectivity index (χ2n) is 5.42. The fourth-order valence-corrected chi connectivity index (χ4v) is 2.98. The molecule has 0 spiro atoms. The Morgan fingerprint density at radius 3 is 2.85 bits per heavy atom. The van der Waals surface area contributed by atoms with Gasteiger partial charge < -0.3 is 9.64 Å². The van der Waals surface area contributed by atoms with E-state index in [9.17, 15) is 8.78 Å². The minimum Gasteiger partial charge on any atom is -0.369 e. The summed E-state index contributed by atoms with van der Waals surface area (Å²) in [6.07, 6.45) is 0.714. The average molecular weight is 283 g/mol. The van der Waals surface area contributed by atoms with Crippen LogP contribution in [0.1, 0.15) is 29.9 Å². The number of nitrogens with zero attached hydrogens (tertiary/aromatic N) is 3. The van der Waals surface area contributed by atoms with Crippen LogP contribution in [0.5, 0.6) is 0 Å². The van der Waals surface area contributed by atoms with E-state index >= 15 is 0 Å². The number of anilines is 1. The summed E-state index contributed by atoms with van der Waals surface area (Å²) in [5, 5.41) is 0. The van der Waals surface area contributed by atoms with E-state index < -0.39 is 12.5 Å². The zero-order valence-electron chi connectivity index (χ0n) is 11.6. The van der Waals surface area contributed by atoms with Crippen LogP contribution in [0.4, 0.5) is 14.6 Å². The normalized spacial score (nSPS) is 23.0. The van der Waals surface area contributed by atoms with Gasteiger partial charge >= 0.3 is 0 Å². The van der Waals surface area contributed by atoms with Crippen molar-refractivity contribution in [2.75, 3.05) is 24.6 Å². The quantitative estimate of drug-likeness (QED) is 0.833. The lowest BCUT2D eigenvalue weighted by atomic mass is 9.96. The Morgan fingerprint density at radius 2 is 2.05 bits per heavy atom. The second-order valence-corrected chi connectivity index (χ2v) is 5.42. The van der Waals surface area contributed by atoms with Crippen molar-refractivity contribution in [1.29, 1.82) is 0 Å². The third-order valence-corrected chi connectivity index (χ3v) is 3.95. The van der Waals surface area contributed by atoms with Crippen LogP contribution in [0, 0.1) is 6.92 Å². The van der Waals surface area contributed by atoms with Gasteiger partial charge in [0, 0.05) is 17.8 Å². The number of aromatic nitrogens is 2. The van der Waals surface area contributed by atoms with Crippen LogP contribution in [0.3, 0.4) is 0 Å². The predicted molar refractivity (Wildman–Crippen MR) is 71.4 cm³/mol. The van der Waals surface area contributed by atoms with Crippen molar-refractivity contribution in [3.8, 4) is 0 Å². The van der Waals surface area contributed by atoms with Gasteiger partial charge in [-0.25, -0.2) is 18.7 Å². The van der Waals surface area contributed by atoms with Gasteiger partial charge in [0.25, 0.3) is 6.43 Å². The third-order valence-electron chi connectivity index (χ3n) is 3.95. The van der Waals surface area contributed by atoms with Gasteiger partial charge in [0.2, 0.25) is 0 Å². The summed E-state index contributed by atoms with van der Waals surface area (Å²) in [7, 11) is 0. The Balaban J connectivity index is 1.91. The van der Waals surface area contributed by atoms with E-state index in [0.29, 0.717) is 13.2 Å². The molecule has 1 unspecified atom stereocenters. The summed E-state index contributed by atoms with van der Waals surface area (Å²) >= 11 is 0. The van der Waals surface area contributed by atoms with Gasteiger partial charge in [0.05, 0.1) is 13.2 Å². The monoisotopic (exact) mass is 283 g/mol. The maximum atomic E-state index is 12.8. The summed E-state index contributed by atoms with van der Waals surface area (Å²) in [5.74, 6) is 1.57. The molecule has 1 aliphatic carbocycles. The van der Waals surface area contributed by atoms with Crippen molar-refractivity contribution >= 4 is 5.82 Å². The van der Waals surface area contributed by atoms with Gasteiger partial charge in [-0.3, -0.25) is 0 Å². The minimum atomic E-state index is -2.45. The van der Waals surface area contributed by atoms with E-state index in [1.807, 2.05) is 11.8 Å². The molecule has 0 aromatic carbocycles. The summed E-state index contributed by atoms with van der Waals surface area (Å²) in [6.45, 7) is 3.02. The number of fused-ring (bicyclic) bond motifs is 1. The topological polar surface area (TPSA) is 38.2 Å². The summed E-state index contributed by atoms with van der Waals surface area (Å²) in [4.78, 5) is 11.0. The van der Waals surface area contributed by atoms with Crippen LogP contribution in [0.25, 0.3) is 0 Å². The van der Waals surface area contributed by atoms with E-state index in [2.05, 4.69) is 9.97 Å². The van der Waals surface area contributed by atoms with Crippen molar-refractivity contribution in [2.45, 2.75) is 45.1 Å². The highest BCUT2D eigenvalue weighted by molar-refractivity contribution is 5.50. The molecule has 1 saturated heterocycles. The van der Waals surface area contributed by atoms with Crippen LogP contribution in [-0.4, -0.2) is 42.2 Å². The van der Waals surface area contributed by atoms with Gasteiger partial charge in [-0.1, -0.05) is 0 Å². The molecular formula is C14H19F2N3O. The van der Waals surface area contributed by atoms with Crippen molar-refractivity contribution in [3.63, 3.8) is 0 Å². The van der Waals surface area contributed by atoms with E-state index in [1.54, 1.807) is 0 Å². The number of hydrogen-bond donors (Lipinski definition) is 0. The number of ether oxygens (including phenoxy) is 1. The fourth-order valence-electron chi connectivity index (χ4n) is 2.98. The van der Waals surface area contributed by atoms with E-state index in [1.165, 1.54) is 0 Å². The van der Waals surface area contributed by atoms with Crippen LogP contribution in [-0.2, 0) is 17.6 Å². The molecule has 0 amide bonds. The molecule has 20 heavy (non-hydrogen) atoms. The maximum Gasteiger partial charge on any atom is 0.266 e. The zero-order chi connectivity index (χ0) is 14.1. The summed E-state index contributed by atoms with van der Waals surface area (Å²) in [5.41, 5.74) is 2.25. The summed E-state index contributed by atoms with van der Waals surface area (Å²) < 4.78 is 30.8. The molecule has 6 heteroatoms. The van der Waals surface area contributed by atoms with Gasteiger partial charge in [0.1, 0.15) is 17.7 Å². The lowest BCUT2D eigenvalue weighted by Crippen LogP contribution is -2.46.